The van der Waals surface area contributed by atoms with Crippen LogP contribution in [-0.4, -0.2) is 18.2 Å². The minimum Gasteiger partial charge on any atom is -0.389 e. The van der Waals surface area contributed by atoms with E-state index in [1.807, 2.05) is 12.1 Å². The lowest BCUT2D eigenvalue weighted by molar-refractivity contribution is 0.199. The molecule has 1 aromatic carbocycles. The Kier molecular flexibility index (Phi) is 4.21. The van der Waals surface area contributed by atoms with Crippen molar-refractivity contribution >= 4 is 5.69 Å². The first-order valence-electron chi connectivity index (χ1n) is 6.24. The first-order chi connectivity index (χ1) is 7.73. The third-order valence-corrected chi connectivity index (χ3v) is 3.62. The number of hydrogen-bond acceptors (Lipinski definition) is 2. The van der Waals surface area contributed by atoms with Crippen LogP contribution in [0, 0.1) is 5.41 Å². The zero-order valence-electron chi connectivity index (χ0n) is 11.9. The Bertz CT molecular complexity index is 348. The number of benzene rings is 1. The summed E-state index contributed by atoms with van der Waals surface area (Å²) >= 11 is 0. The highest BCUT2D eigenvalue weighted by molar-refractivity contribution is 5.48. The summed E-state index contributed by atoms with van der Waals surface area (Å²) in [6, 6.07) is 8.59. The highest BCUT2D eigenvalue weighted by Gasteiger charge is 2.24. The molecule has 2 nitrogen and oxygen atoms in total. The molecule has 0 amide bonds. The second-order valence-electron chi connectivity index (χ2n) is 5.92. The second-order valence-corrected chi connectivity index (χ2v) is 5.92. The Morgan fingerprint density at radius 2 is 1.53 bits per heavy atom. The maximum Gasteiger partial charge on any atom is 0.0761 e. The average Bonchev–Trinajstić information content (AvgIpc) is 2.26. The molecule has 0 spiro atoms. The number of rotatable bonds is 3. The van der Waals surface area contributed by atoms with Crippen LogP contribution in [0.2, 0.25) is 0 Å². The second kappa shape index (κ2) is 5.09. The van der Waals surface area contributed by atoms with Crippen molar-refractivity contribution in [2.24, 2.45) is 5.41 Å². The zero-order valence-corrected chi connectivity index (χ0v) is 11.9. The van der Waals surface area contributed by atoms with Crippen molar-refractivity contribution in [1.82, 2.24) is 0 Å². The average molecular weight is 235 g/mol. The summed E-state index contributed by atoms with van der Waals surface area (Å²) in [4.78, 5) is 2.28. The smallest absolute Gasteiger partial charge is 0.0761 e. The van der Waals surface area contributed by atoms with E-state index in [2.05, 4.69) is 51.8 Å². The van der Waals surface area contributed by atoms with Crippen LogP contribution in [0.1, 0.15) is 46.3 Å². The SMILES string of the molecule is CC(N(C)c1ccc([C@@H](C)O)cc1)C(C)(C)C. The van der Waals surface area contributed by atoms with Gasteiger partial charge < -0.3 is 10.0 Å². The largest absolute Gasteiger partial charge is 0.389 e. The van der Waals surface area contributed by atoms with Crippen molar-refractivity contribution in [2.75, 3.05) is 11.9 Å². The molecule has 0 saturated heterocycles. The Balaban J connectivity index is 2.87. The quantitative estimate of drug-likeness (QED) is 0.865. The molecule has 1 N–H and O–H groups in total. The van der Waals surface area contributed by atoms with Crippen LogP contribution < -0.4 is 4.90 Å². The van der Waals surface area contributed by atoms with E-state index in [1.165, 1.54) is 5.69 Å². The molecule has 96 valence electrons. The first kappa shape index (κ1) is 14.0. The van der Waals surface area contributed by atoms with Gasteiger partial charge in [-0.25, -0.2) is 0 Å². The highest BCUT2D eigenvalue weighted by atomic mass is 16.3. The van der Waals surface area contributed by atoms with Crippen molar-refractivity contribution in [3.05, 3.63) is 29.8 Å². The summed E-state index contributed by atoms with van der Waals surface area (Å²) in [5.41, 5.74) is 2.40. The fourth-order valence-corrected chi connectivity index (χ4v) is 1.79. The van der Waals surface area contributed by atoms with E-state index < -0.39 is 6.10 Å². The molecule has 2 heteroatoms. The highest BCUT2D eigenvalue weighted by Crippen LogP contribution is 2.27. The first-order valence-corrected chi connectivity index (χ1v) is 6.24. The molecule has 0 aliphatic rings. The van der Waals surface area contributed by atoms with Gasteiger partial charge in [-0.3, -0.25) is 0 Å². The van der Waals surface area contributed by atoms with Gasteiger partial charge in [-0.05, 0) is 37.0 Å². The van der Waals surface area contributed by atoms with E-state index in [-0.39, 0.29) is 5.41 Å². The number of aliphatic hydroxyl groups excluding tert-OH is 1. The molecule has 1 unspecified atom stereocenters. The molecule has 17 heavy (non-hydrogen) atoms. The molecular formula is C15H25NO. The molecule has 0 aromatic heterocycles. The van der Waals surface area contributed by atoms with Crippen LogP contribution in [0.5, 0.6) is 0 Å². The summed E-state index contributed by atoms with van der Waals surface area (Å²) < 4.78 is 0. The van der Waals surface area contributed by atoms with Crippen LogP contribution in [0.25, 0.3) is 0 Å². The van der Waals surface area contributed by atoms with Crippen LogP contribution in [0.4, 0.5) is 5.69 Å². The molecule has 1 aromatic rings. The summed E-state index contributed by atoms with van der Waals surface area (Å²) in [5, 5.41) is 9.48. The fraction of sp³-hybridized carbons (Fsp3) is 0.600. The molecule has 2 atom stereocenters. The molecular weight excluding hydrogens is 210 g/mol. The number of hydrogen-bond donors (Lipinski definition) is 1. The van der Waals surface area contributed by atoms with Gasteiger partial charge in [-0.1, -0.05) is 32.9 Å². The van der Waals surface area contributed by atoms with Gasteiger partial charge in [0.2, 0.25) is 0 Å². The van der Waals surface area contributed by atoms with Crippen molar-refractivity contribution in [3.63, 3.8) is 0 Å². The fourth-order valence-electron chi connectivity index (χ4n) is 1.79. The summed E-state index contributed by atoms with van der Waals surface area (Å²) in [6.07, 6.45) is -0.394. The van der Waals surface area contributed by atoms with Crippen molar-refractivity contribution in [2.45, 2.75) is 46.8 Å². The Hall–Kier alpha value is -1.02. The maximum atomic E-state index is 9.48. The molecule has 0 heterocycles. The number of nitrogens with zero attached hydrogens (tertiary/aromatic N) is 1. The van der Waals surface area contributed by atoms with Crippen LogP contribution in [0.15, 0.2) is 24.3 Å². The molecule has 0 bridgehead atoms. The Morgan fingerprint density at radius 1 is 1.06 bits per heavy atom. The topological polar surface area (TPSA) is 23.5 Å². The predicted molar refractivity (Wildman–Crippen MR) is 74.4 cm³/mol. The summed E-state index contributed by atoms with van der Waals surface area (Å²) in [6.45, 7) is 10.8. The number of anilines is 1. The molecule has 0 saturated carbocycles. The van der Waals surface area contributed by atoms with Gasteiger partial charge in [0.25, 0.3) is 0 Å². The van der Waals surface area contributed by atoms with Gasteiger partial charge in [-0.2, -0.15) is 0 Å². The third-order valence-electron chi connectivity index (χ3n) is 3.62. The van der Waals surface area contributed by atoms with E-state index >= 15 is 0 Å². The van der Waals surface area contributed by atoms with E-state index in [0.29, 0.717) is 6.04 Å². The van der Waals surface area contributed by atoms with E-state index in [0.717, 1.165) is 5.56 Å². The van der Waals surface area contributed by atoms with Gasteiger partial charge in [-0.15, -0.1) is 0 Å². The Morgan fingerprint density at radius 3 is 1.88 bits per heavy atom. The van der Waals surface area contributed by atoms with Crippen LogP contribution in [0.3, 0.4) is 0 Å². The normalized spacial score (nSPS) is 15.5. The van der Waals surface area contributed by atoms with E-state index in [9.17, 15) is 5.11 Å². The van der Waals surface area contributed by atoms with Gasteiger partial charge in [0, 0.05) is 18.8 Å². The van der Waals surface area contributed by atoms with Gasteiger partial charge in [0.05, 0.1) is 6.10 Å². The molecule has 0 radical (unpaired) electrons. The van der Waals surface area contributed by atoms with Crippen LogP contribution >= 0.6 is 0 Å². The molecule has 0 aliphatic heterocycles. The van der Waals surface area contributed by atoms with Crippen molar-refractivity contribution in [1.29, 1.82) is 0 Å². The molecule has 1 rings (SSSR count). The minimum absolute atomic E-state index is 0.248. The summed E-state index contributed by atoms with van der Waals surface area (Å²) in [7, 11) is 2.12. The predicted octanol–water partition coefficient (Wildman–Crippen LogP) is 3.61. The van der Waals surface area contributed by atoms with Gasteiger partial charge in [0.1, 0.15) is 0 Å². The van der Waals surface area contributed by atoms with Gasteiger partial charge in [0.15, 0.2) is 0 Å². The minimum atomic E-state index is -0.394. The third kappa shape index (κ3) is 3.47. The van der Waals surface area contributed by atoms with Crippen molar-refractivity contribution < 1.29 is 5.11 Å². The zero-order chi connectivity index (χ0) is 13.2. The molecule has 0 fully saturated rings. The van der Waals surface area contributed by atoms with Crippen LogP contribution in [-0.2, 0) is 0 Å². The lowest BCUT2D eigenvalue weighted by atomic mass is 9.87. The van der Waals surface area contributed by atoms with Crippen molar-refractivity contribution in [3.8, 4) is 0 Å². The van der Waals surface area contributed by atoms with Gasteiger partial charge >= 0.3 is 0 Å². The lowest BCUT2D eigenvalue weighted by Crippen LogP contribution is -2.39. The number of aliphatic hydroxyl groups is 1. The monoisotopic (exact) mass is 235 g/mol. The molecule has 0 aliphatic carbocycles. The Labute approximate surface area is 105 Å². The lowest BCUT2D eigenvalue weighted by Gasteiger charge is -2.37. The standard InChI is InChI=1S/C15H25NO/c1-11(17)13-7-9-14(10-8-13)16(6)12(2)15(3,4)5/h7-12,17H,1-6H3/t11-,12?/m1/s1. The maximum absolute atomic E-state index is 9.48. The van der Waals surface area contributed by atoms with E-state index in [4.69, 9.17) is 0 Å². The summed E-state index contributed by atoms with van der Waals surface area (Å²) in [5.74, 6) is 0. The van der Waals surface area contributed by atoms with E-state index in [1.54, 1.807) is 6.92 Å².